The molecule has 0 aromatic heterocycles. The van der Waals surface area contributed by atoms with Gasteiger partial charge < -0.3 is 14.7 Å². The van der Waals surface area contributed by atoms with Crippen LogP contribution in [0.5, 0.6) is 0 Å². The van der Waals surface area contributed by atoms with Crippen LogP contribution in [0.2, 0.25) is 0 Å². The summed E-state index contributed by atoms with van der Waals surface area (Å²) in [5, 5.41) is 9.60. The first-order chi connectivity index (χ1) is 13.5. The zero-order chi connectivity index (χ0) is 20.3. The van der Waals surface area contributed by atoms with E-state index in [0.29, 0.717) is 37.4 Å². The number of likely N-dealkylation sites (tertiary alicyclic amines) is 1. The summed E-state index contributed by atoms with van der Waals surface area (Å²) >= 11 is 0. The van der Waals surface area contributed by atoms with E-state index >= 15 is 0 Å². The number of piperidine rings is 1. The minimum atomic E-state index is -0.231. The third-order valence-electron chi connectivity index (χ3n) is 5.76. The molecule has 1 aromatic carbocycles. The van der Waals surface area contributed by atoms with Crippen molar-refractivity contribution in [2.75, 3.05) is 40.0 Å². The van der Waals surface area contributed by atoms with Crippen LogP contribution in [0.25, 0.3) is 5.57 Å². The molecule has 6 nitrogen and oxygen atoms in total. The van der Waals surface area contributed by atoms with Gasteiger partial charge in [-0.1, -0.05) is 18.2 Å². The lowest BCUT2D eigenvalue weighted by Gasteiger charge is -2.34. The van der Waals surface area contributed by atoms with Gasteiger partial charge in [-0.15, -0.1) is 0 Å². The zero-order valence-corrected chi connectivity index (χ0v) is 17.0. The van der Waals surface area contributed by atoms with Crippen LogP contribution in [0.3, 0.4) is 0 Å². The molecular formula is C22H30N2O4. The summed E-state index contributed by atoms with van der Waals surface area (Å²) in [6.45, 7) is 6.32. The van der Waals surface area contributed by atoms with Gasteiger partial charge >= 0.3 is 0 Å². The Hall–Kier alpha value is -2.18. The summed E-state index contributed by atoms with van der Waals surface area (Å²) in [6, 6.07) is 5.91. The van der Waals surface area contributed by atoms with Crippen molar-refractivity contribution in [2.24, 2.45) is 5.92 Å². The predicted molar refractivity (Wildman–Crippen MR) is 107 cm³/mol. The molecule has 1 fully saturated rings. The summed E-state index contributed by atoms with van der Waals surface area (Å²) < 4.78 is 5.08. The van der Waals surface area contributed by atoms with Crippen LogP contribution in [0.1, 0.15) is 36.0 Å². The Balaban J connectivity index is 2.01. The Labute approximate surface area is 166 Å². The highest BCUT2D eigenvalue weighted by Crippen LogP contribution is 2.34. The standard InChI is InChI=1S/C22H30N2O4/c1-15-7-8-18(12-16(15)2)19-20(23-9-4-6-17(13-23)14-25)22(27)24(21(19)26)10-5-11-28-3/h7-8,12,17,25H,4-6,9-11,13-14H2,1-3H3. The fraction of sp³-hybridized carbons (Fsp3) is 0.545. The van der Waals surface area contributed by atoms with Crippen LogP contribution in [-0.2, 0) is 14.3 Å². The average molecular weight is 386 g/mol. The second kappa shape index (κ2) is 8.88. The van der Waals surface area contributed by atoms with Gasteiger partial charge in [0.15, 0.2) is 0 Å². The summed E-state index contributed by atoms with van der Waals surface area (Å²) in [6.07, 6.45) is 2.46. The average Bonchev–Trinajstić information content (AvgIpc) is 2.95. The van der Waals surface area contributed by atoms with Crippen LogP contribution in [0.4, 0.5) is 0 Å². The topological polar surface area (TPSA) is 70.1 Å². The highest BCUT2D eigenvalue weighted by molar-refractivity contribution is 6.35. The summed E-state index contributed by atoms with van der Waals surface area (Å²) in [5.74, 6) is -0.328. The van der Waals surface area contributed by atoms with Gasteiger partial charge in [-0.05, 0) is 55.7 Å². The van der Waals surface area contributed by atoms with Crippen molar-refractivity contribution in [1.29, 1.82) is 0 Å². The molecule has 6 heteroatoms. The van der Waals surface area contributed by atoms with Gasteiger partial charge in [0.05, 0.1) is 5.57 Å². The highest BCUT2D eigenvalue weighted by Gasteiger charge is 2.42. The lowest BCUT2D eigenvalue weighted by Crippen LogP contribution is -2.40. The zero-order valence-electron chi connectivity index (χ0n) is 17.0. The number of hydrogen-bond donors (Lipinski definition) is 1. The molecule has 2 aliphatic heterocycles. The number of aliphatic hydroxyl groups excluding tert-OH is 1. The van der Waals surface area contributed by atoms with E-state index in [1.54, 1.807) is 7.11 Å². The molecule has 0 spiro atoms. The maximum atomic E-state index is 13.2. The van der Waals surface area contributed by atoms with Crippen LogP contribution in [-0.4, -0.2) is 66.7 Å². The van der Waals surface area contributed by atoms with E-state index in [0.717, 1.165) is 36.1 Å². The van der Waals surface area contributed by atoms with E-state index < -0.39 is 0 Å². The summed E-state index contributed by atoms with van der Waals surface area (Å²) in [5.41, 5.74) is 4.01. The lowest BCUT2D eigenvalue weighted by atomic mass is 9.96. The Bertz CT molecular complexity index is 787. The maximum absolute atomic E-state index is 13.2. The van der Waals surface area contributed by atoms with Crippen LogP contribution >= 0.6 is 0 Å². The number of aryl methyl sites for hydroxylation is 2. The number of nitrogens with zero attached hydrogens (tertiary/aromatic N) is 2. The quantitative estimate of drug-likeness (QED) is 0.574. The predicted octanol–water partition coefficient (Wildman–Crippen LogP) is 2.12. The summed E-state index contributed by atoms with van der Waals surface area (Å²) in [4.78, 5) is 29.8. The van der Waals surface area contributed by atoms with Gasteiger partial charge in [-0.2, -0.15) is 0 Å². The number of hydrogen-bond acceptors (Lipinski definition) is 5. The smallest absolute Gasteiger partial charge is 0.277 e. The molecule has 1 unspecified atom stereocenters. The number of ether oxygens (including phenoxy) is 1. The molecule has 1 N–H and O–H groups in total. The molecule has 152 valence electrons. The molecule has 1 atom stereocenters. The molecule has 1 saturated heterocycles. The third kappa shape index (κ3) is 3.98. The van der Waals surface area contributed by atoms with E-state index in [2.05, 4.69) is 0 Å². The van der Waals surface area contributed by atoms with Gasteiger partial charge in [0.1, 0.15) is 5.70 Å². The van der Waals surface area contributed by atoms with Gasteiger partial charge in [-0.25, -0.2) is 0 Å². The van der Waals surface area contributed by atoms with Crippen LogP contribution in [0, 0.1) is 19.8 Å². The molecule has 1 aromatic rings. The van der Waals surface area contributed by atoms with Crippen molar-refractivity contribution in [3.63, 3.8) is 0 Å². The molecule has 2 amide bonds. The SMILES string of the molecule is COCCCN1C(=O)C(c2ccc(C)c(C)c2)=C(N2CCCC(CO)C2)C1=O. The summed E-state index contributed by atoms with van der Waals surface area (Å²) in [7, 11) is 1.61. The van der Waals surface area contributed by atoms with Crippen molar-refractivity contribution in [3.05, 3.63) is 40.6 Å². The second-order valence-electron chi connectivity index (χ2n) is 7.77. The van der Waals surface area contributed by atoms with E-state index in [1.165, 1.54) is 4.90 Å². The number of carbonyl (C=O) groups is 2. The van der Waals surface area contributed by atoms with Gasteiger partial charge in [-0.3, -0.25) is 14.5 Å². The molecule has 0 radical (unpaired) electrons. The van der Waals surface area contributed by atoms with Crippen LogP contribution < -0.4 is 0 Å². The van der Waals surface area contributed by atoms with E-state index in [-0.39, 0.29) is 24.3 Å². The molecule has 2 aliphatic rings. The largest absolute Gasteiger partial charge is 0.396 e. The fourth-order valence-corrected chi connectivity index (χ4v) is 4.00. The number of carbonyl (C=O) groups excluding carboxylic acids is 2. The third-order valence-corrected chi connectivity index (χ3v) is 5.76. The Morgan fingerprint density at radius 2 is 1.96 bits per heavy atom. The molecule has 2 heterocycles. The Morgan fingerprint density at radius 3 is 2.64 bits per heavy atom. The molecular weight excluding hydrogens is 356 g/mol. The number of rotatable bonds is 7. The number of aliphatic hydroxyl groups is 1. The van der Waals surface area contributed by atoms with Crippen molar-refractivity contribution in [2.45, 2.75) is 33.1 Å². The van der Waals surface area contributed by atoms with Gasteiger partial charge in [0.25, 0.3) is 11.8 Å². The van der Waals surface area contributed by atoms with Crippen molar-refractivity contribution >= 4 is 17.4 Å². The first-order valence-corrected chi connectivity index (χ1v) is 10.0. The number of imide groups is 1. The number of benzene rings is 1. The fourth-order valence-electron chi connectivity index (χ4n) is 4.00. The van der Waals surface area contributed by atoms with E-state index in [9.17, 15) is 14.7 Å². The van der Waals surface area contributed by atoms with Crippen LogP contribution in [0.15, 0.2) is 23.9 Å². The first-order valence-electron chi connectivity index (χ1n) is 10.0. The van der Waals surface area contributed by atoms with Crippen molar-refractivity contribution in [1.82, 2.24) is 9.80 Å². The van der Waals surface area contributed by atoms with E-state index in [4.69, 9.17) is 4.74 Å². The van der Waals surface area contributed by atoms with Gasteiger partial charge in [0.2, 0.25) is 0 Å². The molecule has 0 saturated carbocycles. The van der Waals surface area contributed by atoms with Crippen molar-refractivity contribution in [3.8, 4) is 0 Å². The van der Waals surface area contributed by atoms with Crippen molar-refractivity contribution < 1.29 is 19.4 Å². The van der Waals surface area contributed by atoms with E-state index in [1.807, 2.05) is 36.9 Å². The minimum absolute atomic E-state index is 0.0996. The van der Waals surface area contributed by atoms with Gasteiger partial charge in [0, 0.05) is 40.0 Å². The lowest BCUT2D eigenvalue weighted by molar-refractivity contribution is -0.137. The normalized spacial score (nSPS) is 20.5. The molecule has 0 bridgehead atoms. The Kier molecular flexibility index (Phi) is 6.52. The molecule has 3 rings (SSSR count). The Morgan fingerprint density at radius 1 is 1.18 bits per heavy atom. The minimum Gasteiger partial charge on any atom is -0.396 e. The number of methoxy groups -OCH3 is 1. The first kappa shape index (κ1) is 20.6. The second-order valence-corrected chi connectivity index (χ2v) is 7.77. The molecule has 28 heavy (non-hydrogen) atoms. The number of amides is 2. The maximum Gasteiger partial charge on any atom is 0.277 e. The monoisotopic (exact) mass is 386 g/mol. The molecule has 0 aliphatic carbocycles. The highest BCUT2D eigenvalue weighted by atomic mass is 16.5.